The van der Waals surface area contributed by atoms with Gasteiger partial charge in [-0.15, -0.1) is 0 Å². The van der Waals surface area contributed by atoms with Gasteiger partial charge in [0.2, 0.25) is 0 Å². The molecule has 0 fully saturated rings. The first-order chi connectivity index (χ1) is 5.73. The lowest BCUT2D eigenvalue weighted by atomic mass is 9.79. The zero-order valence-electron chi connectivity index (χ0n) is 9.31. The maximum atomic E-state index is 6.08. The van der Waals surface area contributed by atoms with Crippen LogP contribution >= 0.6 is 0 Å². The van der Waals surface area contributed by atoms with E-state index in [1.807, 2.05) is 13.8 Å². The highest BCUT2D eigenvalue weighted by Gasteiger charge is 2.31. The molecule has 0 aromatic carbocycles. The summed E-state index contributed by atoms with van der Waals surface area (Å²) in [4.78, 5) is 4.50. The van der Waals surface area contributed by atoms with Gasteiger partial charge in [-0.3, -0.25) is 4.99 Å². The van der Waals surface area contributed by atoms with Crippen LogP contribution < -0.4 is 5.73 Å². The van der Waals surface area contributed by atoms with Crippen LogP contribution in [0.2, 0.25) is 0 Å². The van der Waals surface area contributed by atoms with E-state index in [1.165, 1.54) is 11.3 Å². The molecule has 74 valence electrons. The van der Waals surface area contributed by atoms with E-state index in [9.17, 15) is 0 Å². The smallest absolute Gasteiger partial charge is 0.0580 e. The molecule has 1 aliphatic rings. The van der Waals surface area contributed by atoms with Crippen LogP contribution in [0, 0.1) is 5.41 Å². The summed E-state index contributed by atoms with van der Waals surface area (Å²) in [6.07, 6.45) is 2.14. The van der Waals surface area contributed by atoms with Crippen molar-refractivity contribution in [2.45, 2.75) is 40.2 Å². The SMILES string of the molecule is CC(C)(C)C1=NCC=C1C(C)(C)N. The first-order valence-electron chi connectivity index (χ1n) is 4.78. The standard InChI is InChI=1S/C11H20N2/c1-10(2,3)9-8(6-7-13-9)11(4,5)12/h6H,7,12H2,1-5H3. The quantitative estimate of drug-likeness (QED) is 0.659. The van der Waals surface area contributed by atoms with Crippen LogP contribution in [0.1, 0.15) is 34.6 Å². The minimum absolute atomic E-state index is 0.110. The van der Waals surface area contributed by atoms with Crippen LogP contribution in [0.25, 0.3) is 0 Å². The van der Waals surface area contributed by atoms with Crippen molar-refractivity contribution in [3.8, 4) is 0 Å². The number of nitrogens with two attached hydrogens (primary N) is 1. The highest BCUT2D eigenvalue weighted by atomic mass is 14.8. The Morgan fingerprint density at radius 3 is 2.08 bits per heavy atom. The Hall–Kier alpha value is -0.630. The van der Waals surface area contributed by atoms with Crippen molar-refractivity contribution in [2.75, 3.05) is 6.54 Å². The minimum Gasteiger partial charge on any atom is -0.322 e. The molecule has 0 saturated carbocycles. The molecular weight excluding hydrogens is 160 g/mol. The molecule has 0 amide bonds. The second kappa shape index (κ2) is 2.95. The average molecular weight is 180 g/mol. The molecule has 1 aliphatic heterocycles. The van der Waals surface area contributed by atoms with Gasteiger partial charge in [0.1, 0.15) is 0 Å². The molecule has 2 nitrogen and oxygen atoms in total. The van der Waals surface area contributed by atoms with E-state index in [2.05, 4.69) is 31.8 Å². The number of rotatable bonds is 1. The average Bonchev–Trinajstić information content (AvgIpc) is 2.27. The minimum atomic E-state index is -0.261. The summed E-state index contributed by atoms with van der Waals surface area (Å²) in [7, 11) is 0. The Kier molecular flexibility index (Phi) is 2.37. The lowest BCUT2D eigenvalue weighted by molar-refractivity contribution is 0.565. The fourth-order valence-corrected chi connectivity index (χ4v) is 1.62. The Morgan fingerprint density at radius 2 is 1.77 bits per heavy atom. The van der Waals surface area contributed by atoms with E-state index in [1.54, 1.807) is 0 Å². The number of hydrogen-bond acceptors (Lipinski definition) is 2. The molecule has 0 saturated heterocycles. The van der Waals surface area contributed by atoms with Gasteiger partial charge in [0.05, 0.1) is 6.54 Å². The molecule has 2 heteroatoms. The van der Waals surface area contributed by atoms with Gasteiger partial charge in [-0.25, -0.2) is 0 Å². The maximum absolute atomic E-state index is 6.08. The van der Waals surface area contributed by atoms with Gasteiger partial charge in [-0.1, -0.05) is 26.8 Å². The maximum Gasteiger partial charge on any atom is 0.0580 e. The fourth-order valence-electron chi connectivity index (χ4n) is 1.62. The third-order valence-corrected chi connectivity index (χ3v) is 2.20. The summed E-state index contributed by atoms with van der Waals surface area (Å²) < 4.78 is 0. The monoisotopic (exact) mass is 180 g/mol. The second-order valence-corrected chi connectivity index (χ2v) is 5.28. The topological polar surface area (TPSA) is 38.4 Å². The molecule has 1 heterocycles. The summed E-state index contributed by atoms with van der Waals surface area (Å²) in [5.41, 5.74) is 8.30. The predicted molar refractivity (Wildman–Crippen MR) is 58.1 cm³/mol. The van der Waals surface area contributed by atoms with E-state index in [0.717, 1.165) is 6.54 Å². The van der Waals surface area contributed by atoms with E-state index >= 15 is 0 Å². The van der Waals surface area contributed by atoms with Crippen molar-refractivity contribution in [1.82, 2.24) is 0 Å². The number of aliphatic imine (C=N–C) groups is 1. The molecule has 1 rings (SSSR count). The van der Waals surface area contributed by atoms with E-state index in [-0.39, 0.29) is 11.0 Å². The van der Waals surface area contributed by atoms with Crippen LogP contribution in [0.3, 0.4) is 0 Å². The second-order valence-electron chi connectivity index (χ2n) is 5.28. The van der Waals surface area contributed by atoms with E-state index < -0.39 is 0 Å². The van der Waals surface area contributed by atoms with Crippen molar-refractivity contribution >= 4 is 5.71 Å². The molecule has 0 radical (unpaired) electrons. The summed E-state index contributed by atoms with van der Waals surface area (Å²) in [6.45, 7) is 11.4. The first-order valence-corrected chi connectivity index (χ1v) is 4.78. The molecular formula is C11H20N2. The van der Waals surface area contributed by atoms with Crippen LogP contribution in [0.4, 0.5) is 0 Å². The third kappa shape index (κ3) is 2.19. The Bertz CT molecular complexity index is 231. The Balaban J connectivity index is 2.99. The molecule has 0 atom stereocenters. The van der Waals surface area contributed by atoms with Crippen LogP contribution in [0.5, 0.6) is 0 Å². The van der Waals surface area contributed by atoms with Gasteiger partial charge in [0.15, 0.2) is 0 Å². The van der Waals surface area contributed by atoms with Gasteiger partial charge in [0, 0.05) is 16.7 Å². The summed E-state index contributed by atoms with van der Waals surface area (Å²) in [5, 5.41) is 0. The van der Waals surface area contributed by atoms with Crippen molar-refractivity contribution in [3.63, 3.8) is 0 Å². The molecule has 0 aromatic rings. The van der Waals surface area contributed by atoms with Crippen LogP contribution in [0.15, 0.2) is 16.6 Å². The molecule has 0 spiro atoms. The summed E-state index contributed by atoms with van der Waals surface area (Å²) >= 11 is 0. The van der Waals surface area contributed by atoms with Gasteiger partial charge < -0.3 is 5.73 Å². The number of hydrogen-bond donors (Lipinski definition) is 1. The van der Waals surface area contributed by atoms with E-state index in [0.29, 0.717) is 0 Å². The predicted octanol–water partition coefficient (Wildman–Crippen LogP) is 2.15. The zero-order valence-corrected chi connectivity index (χ0v) is 9.31. The lowest BCUT2D eigenvalue weighted by Crippen LogP contribution is -2.40. The Morgan fingerprint density at radius 1 is 1.23 bits per heavy atom. The van der Waals surface area contributed by atoms with Gasteiger partial charge >= 0.3 is 0 Å². The lowest BCUT2D eigenvalue weighted by Gasteiger charge is -2.29. The highest BCUT2D eigenvalue weighted by Crippen LogP contribution is 2.29. The molecule has 0 aromatic heterocycles. The molecule has 0 aliphatic carbocycles. The zero-order chi connectivity index (χ0) is 10.3. The van der Waals surface area contributed by atoms with Gasteiger partial charge in [0.25, 0.3) is 0 Å². The normalized spacial score (nSPS) is 18.6. The largest absolute Gasteiger partial charge is 0.322 e. The summed E-state index contributed by atoms with van der Waals surface area (Å²) in [6, 6.07) is 0. The van der Waals surface area contributed by atoms with Crippen LogP contribution in [-0.2, 0) is 0 Å². The molecule has 0 bridgehead atoms. The molecule has 13 heavy (non-hydrogen) atoms. The van der Waals surface area contributed by atoms with Crippen molar-refractivity contribution in [2.24, 2.45) is 16.1 Å². The van der Waals surface area contributed by atoms with Crippen molar-refractivity contribution < 1.29 is 0 Å². The summed E-state index contributed by atoms with van der Waals surface area (Å²) in [5.74, 6) is 0. The van der Waals surface area contributed by atoms with Crippen molar-refractivity contribution in [1.29, 1.82) is 0 Å². The first kappa shape index (κ1) is 10.5. The number of nitrogens with zero attached hydrogens (tertiary/aromatic N) is 1. The molecule has 0 unspecified atom stereocenters. The van der Waals surface area contributed by atoms with Crippen LogP contribution in [-0.4, -0.2) is 17.8 Å². The molecule has 2 N–H and O–H groups in total. The van der Waals surface area contributed by atoms with Gasteiger partial charge in [-0.05, 0) is 19.4 Å². The van der Waals surface area contributed by atoms with Gasteiger partial charge in [-0.2, -0.15) is 0 Å². The fraction of sp³-hybridized carbons (Fsp3) is 0.727. The highest BCUT2D eigenvalue weighted by molar-refractivity contribution is 6.06. The third-order valence-electron chi connectivity index (χ3n) is 2.20. The Labute approximate surface area is 80.9 Å². The van der Waals surface area contributed by atoms with E-state index in [4.69, 9.17) is 5.73 Å². The van der Waals surface area contributed by atoms with Crippen molar-refractivity contribution in [3.05, 3.63) is 11.6 Å².